The lowest BCUT2D eigenvalue weighted by Crippen LogP contribution is -2.33. The average Bonchev–Trinajstić information content (AvgIpc) is 3.20. The third-order valence-electron chi connectivity index (χ3n) is 6.50. The molecule has 0 aromatic carbocycles. The van der Waals surface area contributed by atoms with Gasteiger partial charge >= 0.3 is 0 Å². The fourth-order valence-corrected chi connectivity index (χ4v) is 4.48. The summed E-state index contributed by atoms with van der Waals surface area (Å²) in [4.78, 5) is 5.07. The molecule has 0 bridgehead atoms. The first kappa shape index (κ1) is 18.6. The molecule has 7 heteroatoms. The summed E-state index contributed by atoms with van der Waals surface area (Å²) in [6.07, 6.45) is 8.35. The Balaban J connectivity index is 1.33. The molecular formula is C20H33N7. The standard InChI is InChI=1S/C20H33N7/c1-16-18(13-21-25(16)3)14-27-11-7-17(8-12-27)20-23-22-19(24(20)2)15-26-9-5-4-6-10-26/h13,17H,4-12,14-15H2,1-3H3. The smallest absolute Gasteiger partial charge is 0.146 e. The first-order valence-corrected chi connectivity index (χ1v) is 10.4. The Labute approximate surface area is 162 Å². The van der Waals surface area contributed by atoms with E-state index in [-0.39, 0.29) is 0 Å². The van der Waals surface area contributed by atoms with Gasteiger partial charge in [0.1, 0.15) is 11.6 Å². The van der Waals surface area contributed by atoms with Crippen molar-refractivity contribution in [2.75, 3.05) is 26.2 Å². The van der Waals surface area contributed by atoms with Crippen LogP contribution < -0.4 is 0 Å². The Bertz CT molecular complexity index is 748. The van der Waals surface area contributed by atoms with E-state index in [9.17, 15) is 0 Å². The van der Waals surface area contributed by atoms with Crippen LogP contribution in [0.25, 0.3) is 0 Å². The lowest BCUT2D eigenvalue weighted by Gasteiger charge is -2.31. The third kappa shape index (κ3) is 4.09. The van der Waals surface area contributed by atoms with Crippen molar-refractivity contribution in [3.63, 3.8) is 0 Å². The maximum Gasteiger partial charge on any atom is 0.146 e. The molecule has 2 aliphatic heterocycles. The number of likely N-dealkylation sites (tertiary alicyclic amines) is 2. The van der Waals surface area contributed by atoms with Crippen molar-refractivity contribution in [3.05, 3.63) is 29.1 Å². The number of aryl methyl sites for hydroxylation is 1. The normalized spacial score (nSPS) is 20.4. The molecule has 27 heavy (non-hydrogen) atoms. The molecule has 2 fully saturated rings. The van der Waals surface area contributed by atoms with Crippen molar-refractivity contribution >= 4 is 0 Å². The Morgan fingerprint density at radius 3 is 2.30 bits per heavy atom. The van der Waals surface area contributed by atoms with Gasteiger partial charge < -0.3 is 4.57 Å². The van der Waals surface area contributed by atoms with Gasteiger partial charge in [-0.3, -0.25) is 14.5 Å². The van der Waals surface area contributed by atoms with Crippen LogP contribution in [0.1, 0.15) is 60.9 Å². The zero-order valence-electron chi connectivity index (χ0n) is 17.1. The van der Waals surface area contributed by atoms with Gasteiger partial charge in [0.05, 0.1) is 12.7 Å². The van der Waals surface area contributed by atoms with Crippen molar-refractivity contribution < 1.29 is 0 Å². The Morgan fingerprint density at radius 1 is 0.926 bits per heavy atom. The molecule has 0 aliphatic carbocycles. The quantitative estimate of drug-likeness (QED) is 0.807. The van der Waals surface area contributed by atoms with Crippen LogP contribution in [-0.4, -0.2) is 60.5 Å². The molecule has 148 valence electrons. The summed E-state index contributed by atoms with van der Waals surface area (Å²) < 4.78 is 4.23. The van der Waals surface area contributed by atoms with Crippen LogP contribution in [0.4, 0.5) is 0 Å². The topological polar surface area (TPSA) is 55.0 Å². The van der Waals surface area contributed by atoms with Gasteiger partial charge in [-0.2, -0.15) is 5.10 Å². The lowest BCUT2D eigenvalue weighted by molar-refractivity contribution is 0.199. The summed E-state index contributed by atoms with van der Waals surface area (Å²) >= 11 is 0. The molecule has 2 aromatic rings. The molecule has 2 saturated heterocycles. The van der Waals surface area contributed by atoms with E-state index < -0.39 is 0 Å². The van der Waals surface area contributed by atoms with E-state index >= 15 is 0 Å². The first-order chi connectivity index (χ1) is 13.1. The van der Waals surface area contributed by atoms with Crippen molar-refractivity contribution in [1.29, 1.82) is 0 Å². The van der Waals surface area contributed by atoms with E-state index in [1.54, 1.807) is 0 Å². The van der Waals surface area contributed by atoms with Crippen LogP contribution in [0.15, 0.2) is 6.20 Å². The molecule has 0 radical (unpaired) electrons. The summed E-state index contributed by atoms with van der Waals surface area (Å²) in [7, 11) is 4.17. The highest BCUT2D eigenvalue weighted by atomic mass is 15.3. The van der Waals surface area contributed by atoms with Gasteiger partial charge in [0.15, 0.2) is 0 Å². The molecule has 0 amide bonds. The van der Waals surface area contributed by atoms with Crippen molar-refractivity contribution in [2.45, 2.75) is 58.0 Å². The highest BCUT2D eigenvalue weighted by Gasteiger charge is 2.26. The van der Waals surface area contributed by atoms with Crippen molar-refractivity contribution in [1.82, 2.24) is 34.3 Å². The van der Waals surface area contributed by atoms with Gasteiger partial charge in [0.2, 0.25) is 0 Å². The van der Waals surface area contributed by atoms with E-state index in [2.05, 4.69) is 43.6 Å². The van der Waals surface area contributed by atoms with E-state index in [4.69, 9.17) is 0 Å². The zero-order chi connectivity index (χ0) is 18.8. The molecule has 4 heterocycles. The average molecular weight is 372 g/mol. The number of piperidine rings is 2. The minimum Gasteiger partial charge on any atom is -0.317 e. The second-order valence-corrected chi connectivity index (χ2v) is 8.30. The molecular weight excluding hydrogens is 338 g/mol. The van der Waals surface area contributed by atoms with Gasteiger partial charge in [-0.25, -0.2) is 0 Å². The molecule has 0 N–H and O–H groups in total. The third-order valence-corrected chi connectivity index (χ3v) is 6.50. The number of rotatable bonds is 5. The van der Waals surface area contributed by atoms with Gasteiger partial charge in [0, 0.05) is 37.8 Å². The van der Waals surface area contributed by atoms with Crippen molar-refractivity contribution in [2.24, 2.45) is 14.1 Å². The van der Waals surface area contributed by atoms with E-state index in [1.807, 2.05) is 17.9 Å². The summed E-state index contributed by atoms with van der Waals surface area (Å²) in [5, 5.41) is 13.5. The zero-order valence-corrected chi connectivity index (χ0v) is 17.1. The molecule has 0 atom stereocenters. The summed E-state index contributed by atoms with van der Waals surface area (Å²) in [5.41, 5.74) is 2.62. The van der Waals surface area contributed by atoms with E-state index in [0.29, 0.717) is 5.92 Å². The van der Waals surface area contributed by atoms with E-state index in [0.717, 1.165) is 44.8 Å². The number of hydrogen-bond acceptors (Lipinski definition) is 5. The molecule has 7 nitrogen and oxygen atoms in total. The SMILES string of the molecule is Cc1c(CN2CCC(c3nnc(CN4CCCCC4)n3C)CC2)cnn1C. The largest absolute Gasteiger partial charge is 0.317 e. The van der Waals surface area contributed by atoms with Crippen LogP contribution in [-0.2, 0) is 27.2 Å². The Kier molecular flexibility index (Phi) is 5.59. The molecule has 2 aliphatic rings. The Morgan fingerprint density at radius 2 is 1.63 bits per heavy atom. The number of aromatic nitrogens is 5. The monoisotopic (exact) mass is 371 g/mol. The van der Waals surface area contributed by atoms with Crippen LogP contribution in [0, 0.1) is 6.92 Å². The summed E-state index contributed by atoms with van der Waals surface area (Å²) in [5.74, 6) is 2.84. The van der Waals surface area contributed by atoms with Crippen LogP contribution >= 0.6 is 0 Å². The van der Waals surface area contributed by atoms with Gasteiger partial charge in [-0.05, 0) is 58.8 Å². The molecule has 0 unspecified atom stereocenters. The second kappa shape index (κ2) is 8.10. The second-order valence-electron chi connectivity index (χ2n) is 8.30. The highest BCUT2D eigenvalue weighted by Crippen LogP contribution is 2.28. The minimum atomic E-state index is 0.531. The van der Waals surface area contributed by atoms with Gasteiger partial charge in [-0.1, -0.05) is 6.42 Å². The van der Waals surface area contributed by atoms with Crippen LogP contribution in [0.3, 0.4) is 0 Å². The summed E-state index contributed by atoms with van der Waals surface area (Å²) in [6, 6.07) is 0. The van der Waals surface area contributed by atoms with Crippen LogP contribution in [0.2, 0.25) is 0 Å². The van der Waals surface area contributed by atoms with Crippen LogP contribution in [0.5, 0.6) is 0 Å². The van der Waals surface area contributed by atoms with Gasteiger partial charge in [-0.15, -0.1) is 10.2 Å². The maximum atomic E-state index is 4.59. The minimum absolute atomic E-state index is 0.531. The maximum absolute atomic E-state index is 4.59. The first-order valence-electron chi connectivity index (χ1n) is 10.4. The highest BCUT2D eigenvalue weighted by molar-refractivity contribution is 5.16. The number of nitrogens with zero attached hydrogens (tertiary/aromatic N) is 7. The lowest BCUT2D eigenvalue weighted by atomic mass is 9.95. The molecule has 0 spiro atoms. The molecule has 4 rings (SSSR count). The van der Waals surface area contributed by atoms with Crippen molar-refractivity contribution in [3.8, 4) is 0 Å². The predicted octanol–water partition coefficient (Wildman–Crippen LogP) is 2.22. The summed E-state index contributed by atoms with van der Waals surface area (Å²) in [6.45, 7) is 8.75. The van der Waals surface area contributed by atoms with E-state index in [1.165, 1.54) is 49.4 Å². The predicted molar refractivity (Wildman–Crippen MR) is 105 cm³/mol. The molecule has 2 aromatic heterocycles. The Hall–Kier alpha value is -1.73. The van der Waals surface area contributed by atoms with Gasteiger partial charge in [0.25, 0.3) is 0 Å². The fourth-order valence-electron chi connectivity index (χ4n) is 4.48. The number of hydrogen-bond donors (Lipinski definition) is 0. The molecule has 0 saturated carbocycles. The fraction of sp³-hybridized carbons (Fsp3) is 0.750.